The number of Topliss-reactive ketones (excluding diaryl/α,β-unsaturated/α-hetero) is 1. The Kier molecular flexibility index (Phi) is 6.93. The normalized spacial score (nSPS) is 13.7. The molecule has 1 fully saturated rings. The van der Waals surface area contributed by atoms with Crippen LogP contribution in [-0.4, -0.2) is 53.7 Å². The molecule has 3 rings (SSSR count). The zero-order chi connectivity index (χ0) is 20.8. The summed E-state index contributed by atoms with van der Waals surface area (Å²) < 4.78 is 5.48. The number of nitrogens with one attached hydrogen (secondary N) is 1. The first-order valence-electron chi connectivity index (χ1n) is 9.45. The number of benzene rings is 2. The molecule has 0 saturated carbocycles. The summed E-state index contributed by atoms with van der Waals surface area (Å²) in [6, 6.07) is 12.0. The van der Waals surface area contributed by atoms with Crippen LogP contribution in [0.3, 0.4) is 0 Å². The second kappa shape index (κ2) is 9.60. The highest BCUT2D eigenvalue weighted by atomic mass is 32.2. The first-order chi connectivity index (χ1) is 13.9. The standard InChI is InChI=1S/C22H24N2O4S/c1-15-12-18(22(27)24-8-10-29-11-9-24)6-7-20(15)23-21(26)14-28-19-5-3-4-17(13-19)16(2)25/h3-7,12-13H,8-11,14H2,1-2H3,(H,23,26). The molecule has 152 valence electrons. The Hall–Kier alpha value is -2.80. The molecule has 1 aliphatic heterocycles. The summed E-state index contributed by atoms with van der Waals surface area (Å²) in [5.41, 5.74) is 2.62. The number of carbonyl (C=O) groups is 3. The van der Waals surface area contributed by atoms with Gasteiger partial charge in [0.1, 0.15) is 5.75 Å². The number of hydrogen-bond acceptors (Lipinski definition) is 5. The van der Waals surface area contributed by atoms with Gasteiger partial charge < -0.3 is 15.0 Å². The largest absolute Gasteiger partial charge is 0.484 e. The van der Waals surface area contributed by atoms with Gasteiger partial charge in [-0.25, -0.2) is 0 Å². The molecule has 1 heterocycles. The number of carbonyl (C=O) groups excluding carboxylic acids is 3. The van der Waals surface area contributed by atoms with E-state index < -0.39 is 0 Å². The van der Waals surface area contributed by atoms with Crippen molar-refractivity contribution in [2.75, 3.05) is 36.5 Å². The van der Waals surface area contributed by atoms with Gasteiger partial charge >= 0.3 is 0 Å². The molecule has 1 N–H and O–H groups in total. The lowest BCUT2D eigenvalue weighted by Gasteiger charge is -2.26. The topological polar surface area (TPSA) is 75.7 Å². The molecule has 2 aromatic rings. The maximum atomic E-state index is 12.6. The first kappa shape index (κ1) is 20.9. The Morgan fingerprint density at radius 3 is 2.52 bits per heavy atom. The molecular formula is C22H24N2O4S. The minimum absolute atomic E-state index is 0.0277. The SMILES string of the molecule is CC(=O)c1cccc(OCC(=O)Nc2ccc(C(=O)N3CCSCC3)cc2C)c1. The predicted molar refractivity (Wildman–Crippen MR) is 115 cm³/mol. The molecule has 2 amide bonds. The van der Waals surface area contributed by atoms with Gasteiger partial charge in [0.05, 0.1) is 0 Å². The van der Waals surface area contributed by atoms with Crippen LogP contribution in [0.5, 0.6) is 5.75 Å². The second-order valence-electron chi connectivity index (χ2n) is 6.86. The van der Waals surface area contributed by atoms with Gasteiger partial charge in [-0.15, -0.1) is 0 Å². The number of ether oxygens (including phenoxy) is 1. The third kappa shape index (κ3) is 5.60. The fourth-order valence-electron chi connectivity index (χ4n) is 3.03. The van der Waals surface area contributed by atoms with Crippen LogP contribution >= 0.6 is 11.8 Å². The summed E-state index contributed by atoms with van der Waals surface area (Å²) in [7, 11) is 0. The van der Waals surface area contributed by atoms with E-state index in [1.807, 2.05) is 23.6 Å². The number of thioether (sulfide) groups is 1. The molecule has 29 heavy (non-hydrogen) atoms. The van der Waals surface area contributed by atoms with Gasteiger partial charge in [-0.3, -0.25) is 14.4 Å². The Labute approximate surface area is 174 Å². The van der Waals surface area contributed by atoms with Gasteiger partial charge in [0.25, 0.3) is 11.8 Å². The summed E-state index contributed by atoms with van der Waals surface area (Å²) in [5.74, 6) is 2.05. The Balaban J connectivity index is 1.58. The van der Waals surface area contributed by atoms with Crippen LogP contribution in [0, 0.1) is 6.92 Å². The smallest absolute Gasteiger partial charge is 0.262 e. The predicted octanol–water partition coefficient (Wildman–Crippen LogP) is 3.40. The third-order valence-electron chi connectivity index (χ3n) is 4.66. The number of anilines is 1. The lowest BCUT2D eigenvalue weighted by atomic mass is 10.1. The summed E-state index contributed by atoms with van der Waals surface area (Å²) in [4.78, 5) is 38.1. The van der Waals surface area contributed by atoms with Crippen LogP contribution in [0.4, 0.5) is 5.69 Å². The van der Waals surface area contributed by atoms with Crippen LogP contribution in [0.15, 0.2) is 42.5 Å². The Morgan fingerprint density at radius 1 is 1.07 bits per heavy atom. The fraction of sp³-hybridized carbons (Fsp3) is 0.318. The van der Waals surface area contributed by atoms with Gasteiger partial charge in [0, 0.05) is 41.4 Å². The highest BCUT2D eigenvalue weighted by molar-refractivity contribution is 7.99. The monoisotopic (exact) mass is 412 g/mol. The first-order valence-corrected chi connectivity index (χ1v) is 10.6. The van der Waals surface area contributed by atoms with E-state index in [2.05, 4.69) is 5.32 Å². The molecule has 1 aliphatic rings. The van der Waals surface area contributed by atoms with Gasteiger partial charge in [-0.1, -0.05) is 12.1 Å². The maximum Gasteiger partial charge on any atom is 0.262 e. The molecule has 0 radical (unpaired) electrons. The molecule has 0 atom stereocenters. The van der Waals surface area contributed by atoms with Crippen LogP contribution < -0.4 is 10.1 Å². The van der Waals surface area contributed by atoms with Crippen LogP contribution in [-0.2, 0) is 4.79 Å². The minimum atomic E-state index is -0.312. The molecule has 0 bridgehead atoms. The lowest BCUT2D eigenvalue weighted by Crippen LogP contribution is -2.37. The number of aryl methyl sites for hydroxylation is 1. The molecule has 6 nitrogen and oxygen atoms in total. The summed E-state index contributed by atoms with van der Waals surface area (Å²) in [6.45, 7) is 4.70. The van der Waals surface area contributed by atoms with E-state index >= 15 is 0 Å². The molecule has 1 saturated heterocycles. The van der Waals surface area contributed by atoms with E-state index in [4.69, 9.17) is 4.74 Å². The van der Waals surface area contributed by atoms with Gasteiger partial charge in [0.15, 0.2) is 12.4 Å². The van der Waals surface area contributed by atoms with Crippen molar-refractivity contribution in [2.24, 2.45) is 0 Å². The van der Waals surface area contributed by atoms with Crippen molar-refractivity contribution in [3.05, 3.63) is 59.2 Å². The van der Waals surface area contributed by atoms with E-state index in [-0.39, 0.29) is 24.2 Å². The van der Waals surface area contributed by atoms with E-state index in [0.29, 0.717) is 22.6 Å². The minimum Gasteiger partial charge on any atom is -0.484 e. The number of ketones is 1. The van der Waals surface area contributed by atoms with E-state index in [0.717, 1.165) is 30.2 Å². The van der Waals surface area contributed by atoms with Crippen molar-refractivity contribution in [3.63, 3.8) is 0 Å². The number of nitrogens with zero attached hydrogens (tertiary/aromatic N) is 1. The molecular weight excluding hydrogens is 388 g/mol. The van der Waals surface area contributed by atoms with Crippen molar-refractivity contribution >= 4 is 35.0 Å². The van der Waals surface area contributed by atoms with Crippen molar-refractivity contribution < 1.29 is 19.1 Å². The highest BCUT2D eigenvalue weighted by Gasteiger charge is 2.19. The van der Waals surface area contributed by atoms with Gasteiger partial charge in [-0.2, -0.15) is 11.8 Å². The van der Waals surface area contributed by atoms with Crippen molar-refractivity contribution in [1.82, 2.24) is 4.90 Å². The number of hydrogen-bond donors (Lipinski definition) is 1. The molecule has 0 unspecified atom stereocenters. The lowest BCUT2D eigenvalue weighted by molar-refractivity contribution is -0.118. The summed E-state index contributed by atoms with van der Waals surface area (Å²) in [5, 5.41) is 2.80. The molecule has 0 spiro atoms. The molecule has 7 heteroatoms. The van der Waals surface area contributed by atoms with E-state index in [1.54, 1.807) is 42.5 Å². The van der Waals surface area contributed by atoms with Crippen molar-refractivity contribution in [3.8, 4) is 5.75 Å². The average molecular weight is 413 g/mol. The van der Waals surface area contributed by atoms with Gasteiger partial charge in [-0.05, 0) is 49.7 Å². The zero-order valence-corrected chi connectivity index (χ0v) is 17.4. The zero-order valence-electron chi connectivity index (χ0n) is 16.6. The number of rotatable bonds is 6. The number of amides is 2. The summed E-state index contributed by atoms with van der Waals surface area (Å²) >= 11 is 1.86. The molecule has 2 aromatic carbocycles. The van der Waals surface area contributed by atoms with E-state index in [9.17, 15) is 14.4 Å². The van der Waals surface area contributed by atoms with E-state index in [1.165, 1.54) is 6.92 Å². The Morgan fingerprint density at radius 2 is 1.83 bits per heavy atom. The maximum absolute atomic E-state index is 12.6. The molecule has 0 aliphatic carbocycles. The second-order valence-corrected chi connectivity index (χ2v) is 8.08. The molecule has 0 aromatic heterocycles. The fourth-order valence-corrected chi connectivity index (χ4v) is 3.93. The third-order valence-corrected chi connectivity index (χ3v) is 5.60. The van der Waals surface area contributed by atoms with Crippen LogP contribution in [0.1, 0.15) is 33.2 Å². The Bertz CT molecular complexity index is 923. The highest BCUT2D eigenvalue weighted by Crippen LogP contribution is 2.20. The van der Waals surface area contributed by atoms with Crippen LogP contribution in [0.2, 0.25) is 0 Å². The average Bonchev–Trinajstić information content (AvgIpc) is 2.74. The summed E-state index contributed by atoms with van der Waals surface area (Å²) in [6.07, 6.45) is 0. The quantitative estimate of drug-likeness (QED) is 0.736. The van der Waals surface area contributed by atoms with Gasteiger partial charge in [0.2, 0.25) is 0 Å². The van der Waals surface area contributed by atoms with Crippen LogP contribution in [0.25, 0.3) is 0 Å². The van der Waals surface area contributed by atoms with Crippen molar-refractivity contribution in [1.29, 1.82) is 0 Å². The van der Waals surface area contributed by atoms with Crippen molar-refractivity contribution in [2.45, 2.75) is 13.8 Å².